The normalized spacial score (nSPS) is 11.9. The van der Waals surface area contributed by atoms with Gasteiger partial charge in [0.2, 0.25) is 0 Å². The summed E-state index contributed by atoms with van der Waals surface area (Å²) in [6.07, 6.45) is 0. The van der Waals surface area contributed by atoms with Crippen molar-refractivity contribution in [2.24, 2.45) is 0 Å². The summed E-state index contributed by atoms with van der Waals surface area (Å²) in [6, 6.07) is 16.1. The topological polar surface area (TPSA) is 69.6 Å². The fourth-order valence-electron chi connectivity index (χ4n) is 1.70. The smallest absolute Gasteiger partial charge is 0.423 e. The molecule has 0 radical (unpaired) electrons. The van der Waals surface area contributed by atoms with E-state index in [1.807, 2.05) is 30.3 Å². The molecule has 3 N–H and O–H groups in total. The van der Waals surface area contributed by atoms with Crippen LogP contribution in [0.1, 0.15) is 5.56 Å². The molecule has 2 aromatic rings. The second-order valence-electron chi connectivity index (χ2n) is 4.04. The van der Waals surface area contributed by atoms with Gasteiger partial charge in [0.25, 0.3) is 0 Å². The van der Waals surface area contributed by atoms with Crippen LogP contribution in [0.25, 0.3) is 0 Å². The van der Waals surface area contributed by atoms with Crippen LogP contribution in [-0.4, -0.2) is 21.4 Å². The zero-order valence-corrected chi connectivity index (χ0v) is 11.0. The van der Waals surface area contributed by atoms with Crippen molar-refractivity contribution in [3.8, 4) is 0 Å². The lowest BCUT2D eigenvalue weighted by atomic mass is 9.79. The zero-order valence-electron chi connectivity index (χ0n) is 10.2. The maximum atomic E-state index is 12.0. The van der Waals surface area contributed by atoms with Crippen LogP contribution in [0.5, 0.6) is 0 Å². The van der Waals surface area contributed by atoms with Crippen LogP contribution in [0, 0.1) is 0 Å². The van der Waals surface area contributed by atoms with Gasteiger partial charge < -0.3 is 14.8 Å². The summed E-state index contributed by atoms with van der Waals surface area (Å²) in [5, 5.41) is 18.4. The fraction of sp³-hybridized carbons (Fsp3) is 0.0769. The van der Waals surface area contributed by atoms with Gasteiger partial charge in [0.1, 0.15) is 11.0 Å². The van der Waals surface area contributed by atoms with E-state index in [0.717, 1.165) is 5.56 Å². The van der Waals surface area contributed by atoms with Gasteiger partial charge in [-0.05, 0) is 11.6 Å². The summed E-state index contributed by atoms with van der Waals surface area (Å²) in [4.78, 5) is 0. The van der Waals surface area contributed by atoms with Gasteiger partial charge in [-0.25, -0.2) is 4.21 Å². The van der Waals surface area contributed by atoms with Crippen LogP contribution in [0.15, 0.2) is 54.6 Å². The molecule has 0 saturated heterocycles. The Morgan fingerprint density at radius 1 is 1.00 bits per heavy atom. The van der Waals surface area contributed by atoms with E-state index in [1.165, 1.54) is 0 Å². The minimum Gasteiger partial charge on any atom is -0.423 e. The first kappa shape index (κ1) is 13.8. The Balaban J connectivity index is 2.07. The molecule has 0 fully saturated rings. The van der Waals surface area contributed by atoms with E-state index in [-0.39, 0.29) is 0 Å². The lowest BCUT2D eigenvalue weighted by Gasteiger charge is -2.10. The molecule has 0 saturated carbocycles. The van der Waals surface area contributed by atoms with E-state index in [9.17, 15) is 14.3 Å². The van der Waals surface area contributed by atoms with Crippen LogP contribution in [0.3, 0.4) is 0 Å². The Morgan fingerprint density at radius 2 is 1.63 bits per heavy atom. The molecule has 0 aliphatic carbocycles. The lowest BCUT2D eigenvalue weighted by molar-refractivity contribution is 0.426. The molecule has 1 atom stereocenters. The summed E-state index contributed by atoms with van der Waals surface area (Å²) < 4.78 is 14.8. The highest BCUT2D eigenvalue weighted by Gasteiger charge is 2.16. The average molecular weight is 275 g/mol. The SMILES string of the molecule is O=S(Cc1ccccc1)Nc1ccccc1B(O)O. The van der Waals surface area contributed by atoms with Gasteiger partial charge in [-0.2, -0.15) is 0 Å². The van der Waals surface area contributed by atoms with Crippen molar-refractivity contribution in [3.63, 3.8) is 0 Å². The molecular formula is C13H14BNO3S. The molecular weight excluding hydrogens is 261 g/mol. The maximum Gasteiger partial charge on any atom is 0.490 e. The van der Waals surface area contributed by atoms with Gasteiger partial charge in [-0.15, -0.1) is 0 Å². The molecule has 0 heterocycles. The second kappa shape index (κ2) is 6.52. The highest BCUT2D eigenvalue weighted by atomic mass is 32.2. The van der Waals surface area contributed by atoms with E-state index in [1.54, 1.807) is 24.3 Å². The fourth-order valence-corrected chi connectivity index (χ4v) is 2.70. The van der Waals surface area contributed by atoms with E-state index in [4.69, 9.17) is 0 Å². The van der Waals surface area contributed by atoms with E-state index in [2.05, 4.69) is 4.72 Å². The second-order valence-corrected chi connectivity index (χ2v) is 5.22. The first-order valence-electron chi connectivity index (χ1n) is 5.81. The molecule has 1 unspecified atom stereocenters. The number of para-hydroxylation sites is 1. The quantitative estimate of drug-likeness (QED) is 0.701. The Morgan fingerprint density at radius 3 is 2.32 bits per heavy atom. The first-order chi connectivity index (χ1) is 9.16. The van der Waals surface area contributed by atoms with Crippen molar-refractivity contribution in [3.05, 3.63) is 60.2 Å². The minimum absolute atomic E-state index is 0.309. The van der Waals surface area contributed by atoms with Gasteiger partial charge >= 0.3 is 7.12 Å². The predicted octanol–water partition coefficient (Wildman–Crippen LogP) is 0.642. The van der Waals surface area contributed by atoms with Crippen LogP contribution in [0.2, 0.25) is 0 Å². The molecule has 2 rings (SSSR count). The Kier molecular flexibility index (Phi) is 4.73. The molecule has 0 aliphatic heterocycles. The summed E-state index contributed by atoms with van der Waals surface area (Å²) in [5.41, 5.74) is 1.73. The summed E-state index contributed by atoms with van der Waals surface area (Å²) in [7, 11) is -2.91. The molecule has 4 nitrogen and oxygen atoms in total. The summed E-state index contributed by atoms with van der Waals surface area (Å²) in [6.45, 7) is 0. The number of rotatable bonds is 5. The predicted molar refractivity (Wildman–Crippen MR) is 78.2 cm³/mol. The molecule has 0 amide bonds. The number of nitrogens with one attached hydrogen (secondary N) is 1. The van der Waals surface area contributed by atoms with Crippen molar-refractivity contribution in [2.45, 2.75) is 5.75 Å². The highest BCUT2D eigenvalue weighted by molar-refractivity contribution is 7.85. The monoisotopic (exact) mass is 275 g/mol. The lowest BCUT2D eigenvalue weighted by Crippen LogP contribution is -2.32. The van der Waals surface area contributed by atoms with E-state index < -0.39 is 18.1 Å². The van der Waals surface area contributed by atoms with Crippen LogP contribution in [0.4, 0.5) is 5.69 Å². The molecule has 0 aliphatic rings. The van der Waals surface area contributed by atoms with Crippen LogP contribution >= 0.6 is 0 Å². The number of hydrogen-bond donors (Lipinski definition) is 3. The molecule has 0 aromatic heterocycles. The highest BCUT2D eigenvalue weighted by Crippen LogP contribution is 2.08. The molecule has 98 valence electrons. The third kappa shape index (κ3) is 3.92. The standard InChI is InChI=1S/C13H14BNO3S/c16-14(17)12-8-4-5-9-13(12)15-19(18)10-11-6-2-1-3-7-11/h1-9,15-17H,10H2. The van der Waals surface area contributed by atoms with Crippen molar-refractivity contribution in [1.29, 1.82) is 0 Å². The first-order valence-corrected chi connectivity index (χ1v) is 7.13. The third-order valence-electron chi connectivity index (χ3n) is 2.60. The van der Waals surface area contributed by atoms with Gasteiger partial charge in [-0.3, -0.25) is 0 Å². The maximum absolute atomic E-state index is 12.0. The van der Waals surface area contributed by atoms with Crippen molar-refractivity contribution in [1.82, 2.24) is 0 Å². The zero-order chi connectivity index (χ0) is 13.7. The molecule has 2 aromatic carbocycles. The molecule has 19 heavy (non-hydrogen) atoms. The van der Waals surface area contributed by atoms with Gasteiger partial charge in [0.05, 0.1) is 5.75 Å². The Bertz CT molecular complexity index is 563. The molecule has 6 heteroatoms. The van der Waals surface area contributed by atoms with Crippen molar-refractivity contribution < 1.29 is 14.3 Å². The Hall–Kier alpha value is -1.63. The van der Waals surface area contributed by atoms with Gasteiger partial charge in [0.15, 0.2) is 0 Å². The Labute approximate surface area is 114 Å². The van der Waals surface area contributed by atoms with Crippen molar-refractivity contribution >= 4 is 29.3 Å². The minimum atomic E-state index is -1.59. The summed E-state index contributed by atoms with van der Waals surface area (Å²) in [5.74, 6) is 0.358. The van der Waals surface area contributed by atoms with Gasteiger partial charge in [-0.1, -0.05) is 48.5 Å². The average Bonchev–Trinajstić information content (AvgIpc) is 2.40. The molecule has 0 bridgehead atoms. The largest absolute Gasteiger partial charge is 0.490 e. The van der Waals surface area contributed by atoms with Gasteiger partial charge in [0, 0.05) is 11.2 Å². The van der Waals surface area contributed by atoms with Crippen LogP contribution in [-0.2, 0) is 16.7 Å². The summed E-state index contributed by atoms with van der Waals surface area (Å²) >= 11 is 0. The third-order valence-corrected chi connectivity index (χ3v) is 3.65. The van der Waals surface area contributed by atoms with E-state index in [0.29, 0.717) is 16.9 Å². The van der Waals surface area contributed by atoms with Crippen LogP contribution < -0.4 is 10.2 Å². The number of anilines is 1. The van der Waals surface area contributed by atoms with E-state index >= 15 is 0 Å². The van der Waals surface area contributed by atoms with Crippen molar-refractivity contribution in [2.75, 3.05) is 4.72 Å². The number of hydrogen-bond acceptors (Lipinski definition) is 3. The molecule has 0 spiro atoms. The number of benzene rings is 2.